The molecule has 0 aromatic heterocycles. The topological polar surface area (TPSA) is 27.6 Å². The van der Waals surface area contributed by atoms with E-state index in [1.54, 1.807) is 0 Å². The van der Waals surface area contributed by atoms with Crippen molar-refractivity contribution in [2.24, 2.45) is 4.99 Å². The quantitative estimate of drug-likeness (QED) is 0.678. The van der Waals surface area contributed by atoms with E-state index in [-0.39, 0.29) is 0 Å². The number of aliphatic imine (C=N–C) groups is 1. The summed E-state index contributed by atoms with van der Waals surface area (Å²) in [6.45, 7) is 0.865. The second-order valence-electron chi connectivity index (χ2n) is 5.62. The molecule has 0 spiro atoms. The highest BCUT2D eigenvalue weighted by molar-refractivity contribution is 5.79. The van der Waals surface area contributed by atoms with Gasteiger partial charge in [-0.05, 0) is 17.5 Å². The highest BCUT2D eigenvalue weighted by Crippen LogP contribution is 2.20. The first-order valence-corrected chi connectivity index (χ1v) is 7.67. The van der Waals surface area contributed by atoms with Gasteiger partial charge in [-0.3, -0.25) is 4.99 Å². The van der Waals surface area contributed by atoms with Crippen molar-refractivity contribution in [3.63, 3.8) is 0 Å². The molecule has 0 fully saturated rings. The van der Waals surface area contributed by atoms with Crippen molar-refractivity contribution in [3.8, 4) is 0 Å². The van der Waals surface area contributed by atoms with Crippen LogP contribution in [-0.4, -0.2) is 38.5 Å². The van der Waals surface area contributed by atoms with E-state index in [0.29, 0.717) is 5.92 Å². The van der Waals surface area contributed by atoms with Gasteiger partial charge in [0.25, 0.3) is 0 Å². The average Bonchev–Trinajstić information content (AvgIpc) is 2.56. The molecule has 22 heavy (non-hydrogen) atoms. The van der Waals surface area contributed by atoms with Crippen LogP contribution < -0.4 is 5.32 Å². The summed E-state index contributed by atoms with van der Waals surface area (Å²) in [7, 11) is 5.82. The molecule has 2 aromatic rings. The van der Waals surface area contributed by atoms with Gasteiger partial charge in [-0.2, -0.15) is 0 Å². The molecule has 0 radical (unpaired) electrons. The number of nitrogens with zero attached hydrogens (tertiary/aromatic N) is 2. The summed E-state index contributed by atoms with van der Waals surface area (Å²) < 4.78 is 0. The summed E-state index contributed by atoms with van der Waals surface area (Å²) in [5.74, 6) is 1.33. The maximum Gasteiger partial charge on any atom is 0.193 e. The van der Waals surface area contributed by atoms with Gasteiger partial charge in [0, 0.05) is 33.6 Å². The Morgan fingerprint density at radius 1 is 1.00 bits per heavy atom. The lowest BCUT2D eigenvalue weighted by molar-refractivity contribution is 0.561. The zero-order valence-electron chi connectivity index (χ0n) is 13.7. The first-order valence-electron chi connectivity index (χ1n) is 7.67. The molecule has 3 heteroatoms. The standard InChI is InChI=1S/C19H25N3/c1-20-19(22(2)3)21-15-18(17-12-8-5-9-13-17)14-16-10-6-4-7-11-16/h4-13,18H,14-15H2,1-3H3,(H,20,21). The third-order valence-electron chi connectivity index (χ3n) is 3.74. The lowest BCUT2D eigenvalue weighted by Gasteiger charge is -2.22. The molecule has 1 unspecified atom stereocenters. The van der Waals surface area contributed by atoms with Gasteiger partial charge in [-0.25, -0.2) is 0 Å². The number of guanidine groups is 1. The normalized spacial score (nSPS) is 12.8. The minimum Gasteiger partial charge on any atom is -0.356 e. The summed E-state index contributed by atoms with van der Waals surface area (Å²) >= 11 is 0. The molecule has 0 heterocycles. The van der Waals surface area contributed by atoms with Crippen LogP contribution in [0.4, 0.5) is 0 Å². The summed E-state index contributed by atoms with van der Waals surface area (Å²) in [5, 5.41) is 3.46. The number of rotatable bonds is 5. The Morgan fingerprint density at radius 3 is 2.14 bits per heavy atom. The van der Waals surface area contributed by atoms with Gasteiger partial charge < -0.3 is 10.2 Å². The van der Waals surface area contributed by atoms with Gasteiger partial charge in [-0.1, -0.05) is 60.7 Å². The van der Waals surface area contributed by atoms with E-state index in [0.717, 1.165) is 18.9 Å². The second-order valence-corrected chi connectivity index (χ2v) is 5.62. The van der Waals surface area contributed by atoms with Crippen molar-refractivity contribution < 1.29 is 0 Å². The van der Waals surface area contributed by atoms with Crippen LogP contribution in [0.3, 0.4) is 0 Å². The molecule has 0 aliphatic heterocycles. The minimum atomic E-state index is 0.417. The molecular formula is C19H25N3. The van der Waals surface area contributed by atoms with E-state index in [1.165, 1.54) is 11.1 Å². The predicted molar refractivity (Wildman–Crippen MR) is 94.4 cm³/mol. The van der Waals surface area contributed by atoms with Gasteiger partial charge in [0.15, 0.2) is 5.96 Å². The number of hydrogen-bond acceptors (Lipinski definition) is 1. The lowest BCUT2D eigenvalue weighted by Crippen LogP contribution is -2.38. The van der Waals surface area contributed by atoms with Crippen LogP contribution in [0.1, 0.15) is 17.0 Å². The first kappa shape index (κ1) is 16.1. The molecular weight excluding hydrogens is 270 g/mol. The van der Waals surface area contributed by atoms with Crippen LogP contribution in [0.5, 0.6) is 0 Å². The molecule has 0 saturated heterocycles. The highest BCUT2D eigenvalue weighted by atomic mass is 15.3. The molecule has 2 rings (SSSR count). The fourth-order valence-electron chi connectivity index (χ4n) is 2.58. The van der Waals surface area contributed by atoms with Gasteiger partial charge in [0.05, 0.1) is 0 Å². The fraction of sp³-hybridized carbons (Fsp3) is 0.316. The van der Waals surface area contributed by atoms with Crippen LogP contribution in [0.25, 0.3) is 0 Å². The first-order chi connectivity index (χ1) is 10.7. The van der Waals surface area contributed by atoms with Crippen LogP contribution in [-0.2, 0) is 6.42 Å². The second kappa shape index (κ2) is 8.23. The monoisotopic (exact) mass is 295 g/mol. The van der Waals surface area contributed by atoms with Gasteiger partial charge in [0.2, 0.25) is 0 Å². The smallest absolute Gasteiger partial charge is 0.193 e. The van der Waals surface area contributed by atoms with E-state index in [1.807, 2.05) is 26.0 Å². The van der Waals surface area contributed by atoms with E-state index in [4.69, 9.17) is 0 Å². The van der Waals surface area contributed by atoms with Crippen molar-refractivity contribution in [2.45, 2.75) is 12.3 Å². The molecule has 0 aliphatic carbocycles. The van der Waals surface area contributed by atoms with Crippen molar-refractivity contribution in [2.75, 3.05) is 27.7 Å². The summed E-state index contributed by atoms with van der Waals surface area (Å²) in [6.07, 6.45) is 1.02. The Hall–Kier alpha value is -2.29. The molecule has 1 N–H and O–H groups in total. The Balaban J connectivity index is 2.12. The summed E-state index contributed by atoms with van der Waals surface area (Å²) in [4.78, 5) is 6.30. The van der Waals surface area contributed by atoms with Crippen molar-refractivity contribution in [1.29, 1.82) is 0 Å². The van der Waals surface area contributed by atoms with E-state index in [2.05, 4.69) is 71.0 Å². The summed E-state index contributed by atoms with van der Waals surface area (Å²) in [6, 6.07) is 21.3. The molecule has 0 amide bonds. The van der Waals surface area contributed by atoms with E-state index in [9.17, 15) is 0 Å². The van der Waals surface area contributed by atoms with Crippen LogP contribution in [0, 0.1) is 0 Å². The third kappa shape index (κ3) is 4.62. The van der Waals surface area contributed by atoms with Gasteiger partial charge in [-0.15, -0.1) is 0 Å². The van der Waals surface area contributed by atoms with Crippen molar-refractivity contribution >= 4 is 5.96 Å². The Labute approximate surface area is 133 Å². The number of nitrogens with one attached hydrogen (secondary N) is 1. The van der Waals surface area contributed by atoms with Gasteiger partial charge >= 0.3 is 0 Å². The molecule has 1 atom stereocenters. The Bertz CT molecular complexity index is 576. The average molecular weight is 295 g/mol. The molecule has 0 bridgehead atoms. The highest BCUT2D eigenvalue weighted by Gasteiger charge is 2.13. The van der Waals surface area contributed by atoms with Crippen LogP contribution >= 0.6 is 0 Å². The zero-order chi connectivity index (χ0) is 15.8. The maximum atomic E-state index is 4.29. The lowest BCUT2D eigenvalue weighted by atomic mass is 9.92. The fourth-order valence-corrected chi connectivity index (χ4v) is 2.58. The Morgan fingerprint density at radius 2 is 1.59 bits per heavy atom. The summed E-state index contributed by atoms with van der Waals surface area (Å²) in [5.41, 5.74) is 2.71. The van der Waals surface area contributed by atoms with E-state index < -0.39 is 0 Å². The number of hydrogen-bond donors (Lipinski definition) is 1. The maximum absolute atomic E-state index is 4.29. The Kier molecular flexibility index (Phi) is 6.01. The zero-order valence-corrected chi connectivity index (χ0v) is 13.7. The molecule has 2 aromatic carbocycles. The molecule has 0 saturated carbocycles. The molecule has 0 aliphatic rings. The molecule has 3 nitrogen and oxygen atoms in total. The van der Waals surface area contributed by atoms with Crippen LogP contribution in [0.15, 0.2) is 65.7 Å². The van der Waals surface area contributed by atoms with E-state index >= 15 is 0 Å². The third-order valence-corrected chi connectivity index (χ3v) is 3.74. The SMILES string of the molecule is CN=C(NCC(Cc1ccccc1)c1ccccc1)N(C)C. The molecule has 116 valence electrons. The van der Waals surface area contributed by atoms with Gasteiger partial charge in [0.1, 0.15) is 0 Å². The largest absolute Gasteiger partial charge is 0.356 e. The van der Waals surface area contributed by atoms with Crippen LogP contribution in [0.2, 0.25) is 0 Å². The minimum absolute atomic E-state index is 0.417. The number of benzene rings is 2. The predicted octanol–water partition coefficient (Wildman–Crippen LogP) is 3.15. The van der Waals surface area contributed by atoms with Crippen molar-refractivity contribution in [1.82, 2.24) is 10.2 Å². The van der Waals surface area contributed by atoms with Crippen molar-refractivity contribution in [3.05, 3.63) is 71.8 Å².